The predicted molar refractivity (Wildman–Crippen MR) is 110 cm³/mol. The highest BCUT2D eigenvalue weighted by Gasteiger charge is 2.21. The zero-order chi connectivity index (χ0) is 20.8. The third kappa shape index (κ3) is 4.75. The lowest BCUT2D eigenvalue weighted by atomic mass is 10.1. The van der Waals surface area contributed by atoms with Gasteiger partial charge in [0.2, 0.25) is 0 Å². The second-order valence-electron chi connectivity index (χ2n) is 6.25. The maximum absolute atomic E-state index is 12.5. The highest BCUT2D eigenvalue weighted by Crippen LogP contribution is 2.23. The van der Waals surface area contributed by atoms with E-state index in [0.29, 0.717) is 11.4 Å². The van der Waals surface area contributed by atoms with E-state index in [0.717, 1.165) is 17.7 Å². The molecule has 3 rings (SSSR count). The minimum absolute atomic E-state index is 0.161. The Hall–Kier alpha value is -3.32. The number of hydrogen-bond donors (Lipinski definition) is 2. The number of rotatable bonds is 6. The largest absolute Gasteiger partial charge is 0.483 e. The minimum atomic E-state index is -0.558. The molecule has 3 aromatic rings. The summed E-state index contributed by atoms with van der Waals surface area (Å²) in [4.78, 5) is 24.5. The van der Waals surface area contributed by atoms with E-state index in [1.807, 2.05) is 55.5 Å². The standard InChI is InChI=1S/C21H21ClN4O3/c1-3-15-9-7-8-12-17(15)29-13-18(27)23-24-21(28)19-14(2)25-26(20(19)22)16-10-5-4-6-11-16/h4-12H,3,13H2,1-2H3,(H,23,27)(H,24,28). The van der Waals surface area contributed by atoms with E-state index >= 15 is 0 Å². The summed E-state index contributed by atoms with van der Waals surface area (Å²) in [5, 5.41) is 4.47. The van der Waals surface area contributed by atoms with Gasteiger partial charge in [0.25, 0.3) is 11.8 Å². The molecule has 0 aliphatic carbocycles. The SMILES string of the molecule is CCc1ccccc1OCC(=O)NNC(=O)c1c(C)nn(-c2ccccc2)c1Cl. The first-order valence-corrected chi connectivity index (χ1v) is 9.49. The zero-order valence-electron chi connectivity index (χ0n) is 16.1. The molecule has 0 saturated heterocycles. The fourth-order valence-corrected chi connectivity index (χ4v) is 3.16. The lowest BCUT2D eigenvalue weighted by Gasteiger charge is -2.11. The lowest BCUT2D eigenvalue weighted by molar-refractivity contribution is -0.123. The molecule has 150 valence electrons. The quantitative estimate of drug-likeness (QED) is 0.609. The van der Waals surface area contributed by atoms with Gasteiger partial charge < -0.3 is 4.74 Å². The Morgan fingerprint density at radius 1 is 1.07 bits per heavy atom. The van der Waals surface area contributed by atoms with Crippen LogP contribution in [-0.2, 0) is 11.2 Å². The second kappa shape index (κ2) is 9.25. The first-order chi connectivity index (χ1) is 14.0. The normalized spacial score (nSPS) is 10.4. The summed E-state index contributed by atoms with van der Waals surface area (Å²) in [6.07, 6.45) is 0.789. The average Bonchev–Trinajstić information content (AvgIpc) is 3.05. The Morgan fingerprint density at radius 3 is 2.48 bits per heavy atom. The number of nitrogens with one attached hydrogen (secondary N) is 2. The van der Waals surface area contributed by atoms with Gasteiger partial charge >= 0.3 is 0 Å². The number of nitrogens with zero attached hydrogens (tertiary/aromatic N) is 2. The van der Waals surface area contributed by atoms with Crippen molar-refractivity contribution in [1.29, 1.82) is 0 Å². The molecule has 7 nitrogen and oxygen atoms in total. The summed E-state index contributed by atoms with van der Waals surface area (Å²) in [6, 6.07) is 16.7. The van der Waals surface area contributed by atoms with Crippen LogP contribution in [0.4, 0.5) is 0 Å². The molecule has 0 aliphatic rings. The third-order valence-electron chi connectivity index (χ3n) is 4.26. The van der Waals surface area contributed by atoms with E-state index in [2.05, 4.69) is 16.0 Å². The first kappa shape index (κ1) is 20.4. The fraction of sp³-hybridized carbons (Fsp3) is 0.190. The molecule has 2 aromatic carbocycles. The van der Waals surface area contributed by atoms with Crippen LogP contribution >= 0.6 is 11.6 Å². The van der Waals surface area contributed by atoms with Gasteiger partial charge in [-0.1, -0.05) is 54.9 Å². The van der Waals surface area contributed by atoms with Crippen LogP contribution in [0.25, 0.3) is 5.69 Å². The van der Waals surface area contributed by atoms with Gasteiger partial charge in [0.05, 0.1) is 11.4 Å². The van der Waals surface area contributed by atoms with Gasteiger partial charge in [-0.3, -0.25) is 20.4 Å². The van der Waals surface area contributed by atoms with Crippen LogP contribution in [0.1, 0.15) is 28.5 Å². The molecule has 0 bridgehead atoms. The van der Waals surface area contributed by atoms with E-state index in [-0.39, 0.29) is 17.3 Å². The lowest BCUT2D eigenvalue weighted by Crippen LogP contribution is -2.44. The summed E-state index contributed by atoms with van der Waals surface area (Å²) >= 11 is 6.35. The molecule has 0 fully saturated rings. The summed E-state index contributed by atoms with van der Waals surface area (Å²) < 4.78 is 7.00. The van der Waals surface area contributed by atoms with E-state index in [1.54, 1.807) is 13.0 Å². The van der Waals surface area contributed by atoms with Gasteiger partial charge in [0, 0.05) is 0 Å². The number of ether oxygens (including phenoxy) is 1. The molecule has 8 heteroatoms. The molecular formula is C21H21ClN4O3. The highest BCUT2D eigenvalue weighted by molar-refractivity contribution is 6.33. The van der Waals surface area contributed by atoms with E-state index in [4.69, 9.17) is 16.3 Å². The number of carbonyl (C=O) groups excluding carboxylic acids is 2. The molecule has 0 radical (unpaired) electrons. The van der Waals surface area contributed by atoms with Crippen LogP contribution in [-0.4, -0.2) is 28.2 Å². The fourth-order valence-electron chi connectivity index (χ4n) is 2.80. The second-order valence-corrected chi connectivity index (χ2v) is 6.61. The summed E-state index contributed by atoms with van der Waals surface area (Å²) in [5.41, 5.74) is 7.05. The van der Waals surface area contributed by atoms with Gasteiger partial charge in [-0.05, 0) is 37.1 Å². The molecule has 1 aromatic heterocycles. The van der Waals surface area contributed by atoms with Crippen molar-refractivity contribution in [2.75, 3.05) is 6.61 Å². The van der Waals surface area contributed by atoms with Gasteiger partial charge in [-0.2, -0.15) is 5.10 Å². The van der Waals surface area contributed by atoms with Crippen molar-refractivity contribution in [3.05, 3.63) is 76.6 Å². The molecule has 0 aliphatic heterocycles. The van der Waals surface area contributed by atoms with Crippen LogP contribution < -0.4 is 15.6 Å². The molecule has 29 heavy (non-hydrogen) atoms. The van der Waals surface area contributed by atoms with Crippen LogP contribution in [0.3, 0.4) is 0 Å². The van der Waals surface area contributed by atoms with Crippen molar-refractivity contribution < 1.29 is 14.3 Å². The Kier molecular flexibility index (Phi) is 6.51. The van der Waals surface area contributed by atoms with E-state index in [9.17, 15) is 9.59 Å². The van der Waals surface area contributed by atoms with Crippen molar-refractivity contribution in [2.24, 2.45) is 0 Å². The van der Waals surface area contributed by atoms with Crippen molar-refractivity contribution in [3.63, 3.8) is 0 Å². The van der Waals surface area contributed by atoms with Crippen LogP contribution in [0, 0.1) is 6.92 Å². The Balaban J connectivity index is 1.61. The number of benzene rings is 2. The molecule has 0 atom stereocenters. The Labute approximate surface area is 173 Å². The molecule has 1 heterocycles. The van der Waals surface area contributed by atoms with Gasteiger partial charge in [-0.25, -0.2) is 4.68 Å². The molecule has 0 unspecified atom stereocenters. The topological polar surface area (TPSA) is 85.2 Å². The zero-order valence-corrected chi connectivity index (χ0v) is 16.9. The maximum atomic E-state index is 12.5. The average molecular weight is 413 g/mol. The van der Waals surface area contributed by atoms with Crippen LogP contribution in [0.5, 0.6) is 5.75 Å². The van der Waals surface area contributed by atoms with Crippen molar-refractivity contribution in [2.45, 2.75) is 20.3 Å². The molecule has 2 N–H and O–H groups in total. The van der Waals surface area contributed by atoms with Crippen molar-refractivity contribution >= 4 is 23.4 Å². The van der Waals surface area contributed by atoms with Gasteiger partial charge in [0.1, 0.15) is 16.5 Å². The number of amides is 2. The number of hydrazine groups is 1. The van der Waals surface area contributed by atoms with E-state index < -0.39 is 11.8 Å². The smallest absolute Gasteiger partial charge is 0.276 e. The minimum Gasteiger partial charge on any atom is -0.483 e. The monoisotopic (exact) mass is 412 g/mol. The first-order valence-electron chi connectivity index (χ1n) is 9.11. The number of aryl methyl sites for hydroxylation is 2. The number of halogens is 1. The highest BCUT2D eigenvalue weighted by atomic mass is 35.5. The number of aromatic nitrogens is 2. The van der Waals surface area contributed by atoms with Crippen molar-refractivity contribution in [3.8, 4) is 11.4 Å². The number of hydrogen-bond acceptors (Lipinski definition) is 4. The Morgan fingerprint density at radius 2 is 1.76 bits per heavy atom. The molecule has 0 spiro atoms. The predicted octanol–water partition coefficient (Wildman–Crippen LogP) is 3.24. The molecule has 2 amide bonds. The Bertz CT molecular complexity index is 1020. The van der Waals surface area contributed by atoms with Crippen LogP contribution in [0.15, 0.2) is 54.6 Å². The van der Waals surface area contributed by atoms with Crippen molar-refractivity contribution in [1.82, 2.24) is 20.6 Å². The summed E-state index contributed by atoms with van der Waals surface area (Å²) in [7, 11) is 0. The maximum Gasteiger partial charge on any atom is 0.276 e. The summed E-state index contributed by atoms with van der Waals surface area (Å²) in [6.45, 7) is 3.45. The number of carbonyl (C=O) groups is 2. The molecule has 0 saturated carbocycles. The van der Waals surface area contributed by atoms with Gasteiger partial charge in [0.15, 0.2) is 6.61 Å². The third-order valence-corrected chi connectivity index (χ3v) is 4.61. The van der Waals surface area contributed by atoms with Gasteiger partial charge in [-0.15, -0.1) is 0 Å². The summed E-state index contributed by atoms with van der Waals surface area (Å²) in [5.74, 6) is -0.412. The number of para-hydroxylation sites is 2. The molecular weight excluding hydrogens is 392 g/mol. The van der Waals surface area contributed by atoms with Crippen LogP contribution in [0.2, 0.25) is 5.15 Å². The van der Waals surface area contributed by atoms with E-state index in [1.165, 1.54) is 4.68 Å².